The van der Waals surface area contributed by atoms with Crippen molar-refractivity contribution in [3.63, 3.8) is 0 Å². The van der Waals surface area contributed by atoms with Gasteiger partial charge in [0.05, 0.1) is 0 Å². The highest BCUT2D eigenvalue weighted by atomic mass is 28.4. The lowest BCUT2D eigenvalue weighted by molar-refractivity contribution is 0.428. The first kappa shape index (κ1) is 14.4. The van der Waals surface area contributed by atoms with Crippen LogP contribution in [-0.4, -0.2) is 19.9 Å². The van der Waals surface area contributed by atoms with Gasteiger partial charge in [0.1, 0.15) is 0 Å². The Morgan fingerprint density at radius 1 is 1.00 bits per heavy atom. The SMILES string of the molecule is CC(C)=N/N=C(/O[Si](C)(C)C)C(C)(C)C. The van der Waals surface area contributed by atoms with Gasteiger partial charge in [-0.3, -0.25) is 0 Å². The van der Waals surface area contributed by atoms with Crippen LogP contribution in [0.3, 0.4) is 0 Å². The van der Waals surface area contributed by atoms with Gasteiger partial charge < -0.3 is 4.43 Å². The van der Waals surface area contributed by atoms with E-state index in [2.05, 4.69) is 50.6 Å². The summed E-state index contributed by atoms with van der Waals surface area (Å²) in [6.45, 7) is 16.6. The van der Waals surface area contributed by atoms with E-state index in [-0.39, 0.29) is 5.41 Å². The fourth-order valence-corrected chi connectivity index (χ4v) is 1.69. The lowest BCUT2D eigenvalue weighted by Gasteiger charge is -2.27. The van der Waals surface area contributed by atoms with Crippen molar-refractivity contribution in [1.82, 2.24) is 0 Å². The summed E-state index contributed by atoms with van der Waals surface area (Å²) >= 11 is 0. The van der Waals surface area contributed by atoms with Crippen LogP contribution in [0, 0.1) is 5.41 Å². The average molecular weight is 228 g/mol. The zero-order valence-electron chi connectivity index (χ0n) is 11.3. The molecule has 0 aromatic carbocycles. The Morgan fingerprint density at radius 3 is 1.73 bits per heavy atom. The third-order valence-electron chi connectivity index (χ3n) is 1.39. The zero-order chi connectivity index (χ0) is 12.3. The van der Waals surface area contributed by atoms with Crippen molar-refractivity contribution in [3.05, 3.63) is 0 Å². The van der Waals surface area contributed by atoms with Crippen LogP contribution in [0.2, 0.25) is 19.6 Å². The Hall–Kier alpha value is -0.643. The van der Waals surface area contributed by atoms with Crippen LogP contribution in [0.5, 0.6) is 0 Å². The molecular formula is C11H24N2OSi. The smallest absolute Gasteiger partial charge is 0.243 e. The summed E-state index contributed by atoms with van der Waals surface area (Å²) in [5.41, 5.74) is 0.857. The van der Waals surface area contributed by atoms with E-state index in [1.807, 2.05) is 13.8 Å². The molecule has 0 saturated carbocycles. The van der Waals surface area contributed by atoms with Gasteiger partial charge in [-0.05, 0) is 33.5 Å². The molecule has 0 saturated heterocycles. The van der Waals surface area contributed by atoms with Gasteiger partial charge in [-0.2, -0.15) is 5.10 Å². The van der Waals surface area contributed by atoms with E-state index < -0.39 is 8.32 Å². The van der Waals surface area contributed by atoms with Crippen LogP contribution in [0.1, 0.15) is 34.6 Å². The highest BCUT2D eigenvalue weighted by Gasteiger charge is 2.27. The van der Waals surface area contributed by atoms with Gasteiger partial charge in [0.15, 0.2) is 0 Å². The van der Waals surface area contributed by atoms with E-state index in [4.69, 9.17) is 4.43 Å². The predicted octanol–water partition coefficient (Wildman–Crippen LogP) is 3.68. The highest BCUT2D eigenvalue weighted by molar-refractivity contribution is 6.71. The molecule has 0 aromatic heterocycles. The summed E-state index contributed by atoms with van der Waals surface area (Å²) < 4.78 is 5.93. The Kier molecular flexibility index (Phi) is 4.71. The topological polar surface area (TPSA) is 34.0 Å². The minimum atomic E-state index is -1.60. The van der Waals surface area contributed by atoms with E-state index in [1.165, 1.54) is 0 Å². The molecule has 0 aliphatic rings. The summed E-state index contributed by atoms with van der Waals surface area (Å²) in [7, 11) is -1.60. The van der Waals surface area contributed by atoms with Crippen molar-refractivity contribution < 1.29 is 4.43 Å². The van der Waals surface area contributed by atoms with E-state index in [0.29, 0.717) is 0 Å². The van der Waals surface area contributed by atoms with Crippen molar-refractivity contribution in [2.45, 2.75) is 54.3 Å². The first-order valence-electron chi connectivity index (χ1n) is 5.31. The molecule has 0 amide bonds. The third kappa shape index (κ3) is 7.30. The van der Waals surface area contributed by atoms with Crippen LogP contribution in [-0.2, 0) is 4.43 Å². The lowest BCUT2D eigenvalue weighted by Crippen LogP contribution is -2.35. The molecule has 3 nitrogen and oxygen atoms in total. The Bertz CT molecular complexity index is 265. The van der Waals surface area contributed by atoms with E-state index in [0.717, 1.165) is 11.6 Å². The summed E-state index contributed by atoms with van der Waals surface area (Å²) in [5.74, 6) is 0.739. The first-order chi connectivity index (χ1) is 6.52. The Labute approximate surface area is 94.8 Å². The maximum Gasteiger partial charge on any atom is 0.243 e. The molecule has 0 atom stereocenters. The molecule has 0 unspecified atom stereocenters. The van der Waals surface area contributed by atoms with Gasteiger partial charge in [-0.15, -0.1) is 5.10 Å². The minimum Gasteiger partial charge on any atom is -0.533 e. The monoisotopic (exact) mass is 228 g/mol. The molecule has 0 bridgehead atoms. The normalized spacial score (nSPS) is 13.7. The Balaban J connectivity index is 4.93. The summed E-state index contributed by atoms with van der Waals surface area (Å²) in [5, 5.41) is 8.27. The molecule has 0 rings (SSSR count). The number of hydrogen-bond acceptors (Lipinski definition) is 3. The number of nitrogens with zero attached hydrogens (tertiary/aromatic N) is 2. The van der Waals surface area contributed by atoms with E-state index >= 15 is 0 Å². The molecule has 0 aliphatic carbocycles. The second kappa shape index (κ2) is 4.92. The standard InChI is InChI=1S/C11H24N2OSi/c1-9(2)12-13-10(11(3,4)5)14-15(6,7)8/h1-8H3/b13-10+. The molecular weight excluding hydrogens is 204 g/mol. The Morgan fingerprint density at radius 2 is 1.47 bits per heavy atom. The first-order valence-corrected chi connectivity index (χ1v) is 8.71. The van der Waals surface area contributed by atoms with Crippen LogP contribution >= 0.6 is 0 Å². The lowest BCUT2D eigenvalue weighted by atomic mass is 9.97. The van der Waals surface area contributed by atoms with E-state index in [9.17, 15) is 0 Å². The molecule has 15 heavy (non-hydrogen) atoms. The van der Waals surface area contributed by atoms with Crippen LogP contribution in [0.25, 0.3) is 0 Å². The largest absolute Gasteiger partial charge is 0.533 e. The summed E-state index contributed by atoms with van der Waals surface area (Å²) in [4.78, 5) is 0. The van der Waals surface area contributed by atoms with Gasteiger partial charge >= 0.3 is 0 Å². The summed E-state index contributed by atoms with van der Waals surface area (Å²) in [6.07, 6.45) is 0. The van der Waals surface area contributed by atoms with E-state index in [1.54, 1.807) is 0 Å². The third-order valence-corrected chi connectivity index (χ3v) is 2.19. The van der Waals surface area contributed by atoms with Crippen LogP contribution in [0.4, 0.5) is 0 Å². The molecule has 0 aromatic rings. The molecule has 0 aliphatic heterocycles. The summed E-state index contributed by atoms with van der Waals surface area (Å²) in [6, 6.07) is 0. The molecule has 0 spiro atoms. The quantitative estimate of drug-likeness (QED) is 0.307. The minimum absolute atomic E-state index is 0.0841. The second-order valence-electron chi connectivity index (χ2n) is 5.92. The molecule has 0 fully saturated rings. The maximum absolute atomic E-state index is 5.93. The van der Waals surface area contributed by atoms with Crippen molar-refractivity contribution in [2.75, 3.05) is 0 Å². The average Bonchev–Trinajstić information content (AvgIpc) is 1.93. The molecule has 88 valence electrons. The molecule has 0 radical (unpaired) electrons. The highest BCUT2D eigenvalue weighted by Crippen LogP contribution is 2.20. The van der Waals surface area contributed by atoms with Crippen LogP contribution < -0.4 is 0 Å². The van der Waals surface area contributed by atoms with Crippen molar-refractivity contribution in [3.8, 4) is 0 Å². The van der Waals surface area contributed by atoms with Gasteiger partial charge in [-0.25, -0.2) is 0 Å². The van der Waals surface area contributed by atoms with Crippen molar-refractivity contribution in [1.29, 1.82) is 0 Å². The van der Waals surface area contributed by atoms with Crippen molar-refractivity contribution in [2.24, 2.45) is 15.6 Å². The molecule has 0 heterocycles. The maximum atomic E-state index is 5.93. The van der Waals surface area contributed by atoms with Gasteiger partial charge in [-0.1, -0.05) is 20.8 Å². The van der Waals surface area contributed by atoms with Crippen LogP contribution in [0.15, 0.2) is 10.2 Å². The zero-order valence-corrected chi connectivity index (χ0v) is 12.3. The fraction of sp³-hybridized carbons (Fsp3) is 0.818. The number of rotatable bonds is 2. The predicted molar refractivity (Wildman–Crippen MR) is 70.1 cm³/mol. The fourth-order valence-electron chi connectivity index (χ4n) is 0.759. The van der Waals surface area contributed by atoms with Gasteiger partial charge in [0.2, 0.25) is 14.2 Å². The van der Waals surface area contributed by atoms with Gasteiger partial charge in [0, 0.05) is 11.1 Å². The van der Waals surface area contributed by atoms with Gasteiger partial charge in [0.25, 0.3) is 0 Å². The second-order valence-corrected chi connectivity index (χ2v) is 10.3. The number of hydrogen-bond donors (Lipinski definition) is 0. The van der Waals surface area contributed by atoms with Crippen molar-refractivity contribution >= 4 is 19.9 Å². The molecule has 4 heteroatoms. The molecule has 0 N–H and O–H groups in total.